The highest BCUT2D eigenvalue weighted by Crippen LogP contribution is 2.15. The van der Waals surface area contributed by atoms with Crippen molar-refractivity contribution in [3.05, 3.63) is 92.3 Å². The fraction of sp³-hybridized carbons (Fsp3) is 0.333. The number of benzene rings is 2. The lowest BCUT2D eigenvalue weighted by Crippen LogP contribution is -2.47. The lowest BCUT2D eigenvalue weighted by molar-refractivity contribution is 0.0929. The lowest BCUT2D eigenvalue weighted by atomic mass is 10.0. The minimum atomic E-state index is -0.704. The predicted octanol–water partition coefficient (Wildman–Crippen LogP) is 3.09. The SMILES string of the molecule is CC[C@@H](C)NC(=O)c1nn(-c2ccc(C(C)C)cc2)c(=O)n(Cc2ccccc2)c1=O. The van der Waals surface area contributed by atoms with Crippen LogP contribution in [0.3, 0.4) is 0 Å². The summed E-state index contributed by atoms with van der Waals surface area (Å²) in [5.41, 5.74) is 0.792. The van der Waals surface area contributed by atoms with Crippen LogP contribution in [-0.4, -0.2) is 26.3 Å². The van der Waals surface area contributed by atoms with E-state index in [9.17, 15) is 14.4 Å². The van der Waals surface area contributed by atoms with E-state index >= 15 is 0 Å². The lowest BCUT2D eigenvalue weighted by Gasteiger charge is -2.15. The zero-order valence-corrected chi connectivity index (χ0v) is 18.3. The molecular formula is C24H28N4O3. The molecule has 2 aromatic carbocycles. The molecule has 0 aliphatic rings. The van der Waals surface area contributed by atoms with Crippen LogP contribution in [0.5, 0.6) is 0 Å². The number of rotatable bonds is 7. The Kier molecular flexibility index (Phi) is 6.84. The summed E-state index contributed by atoms with van der Waals surface area (Å²) < 4.78 is 2.18. The van der Waals surface area contributed by atoms with E-state index < -0.39 is 17.2 Å². The second-order valence-electron chi connectivity index (χ2n) is 7.95. The normalized spacial score (nSPS) is 12.0. The van der Waals surface area contributed by atoms with E-state index in [2.05, 4.69) is 24.3 Å². The first-order valence-electron chi connectivity index (χ1n) is 10.5. The van der Waals surface area contributed by atoms with Gasteiger partial charge in [0.1, 0.15) is 0 Å². The summed E-state index contributed by atoms with van der Waals surface area (Å²) in [6.07, 6.45) is 0.709. The van der Waals surface area contributed by atoms with E-state index in [0.717, 1.165) is 20.4 Å². The van der Waals surface area contributed by atoms with Crippen molar-refractivity contribution in [1.82, 2.24) is 19.7 Å². The molecule has 7 heteroatoms. The highest BCUT2D eigenvalue weighted by molar-refractivity contribution is 5.91. The van der Waals surface area contributed by atoms with E-state index in [1.54, 1.807) is 12.1 Å². The third kappa shape index (κ3) is 4.99. The van der Waals surface area contributed by atoms with Crippen LogP contribution in [0.25, 0.3) is 5.69 Å². The number of nitrogens with one attached hydrogen (secondary N) is 1. The first kappa shape index (κ1) is 22.2. The van der Waals surface area contributed by atoms with Crippen LogP contribution in [-0.2, 0) is 6.54 Å². The van der Waals surface area contributed by atoms with Gasteiger partial charge in [-0.05, 0) is 42.5 Å². The Morgan fingerprint density at radius 3 is 2.23 bits per heavy atom. The summed E-state index contributed by atoms with van der Waals surface area (Å²) in [6, 6.07) is 16.4. The molecule has 0 saturated heterocycles. The van der Waals surface area contributed by atoms with Crippen molar-refractivity contribution in [2.75, 3.05) is 0 Å². The number of carbonyl (C=O) groups is 1. The molecule has 0 saturated carbocycles. The average molecular weight is 421 g/mol. The Balaban J connectivity index is 2.16. The average Bonchev–Trinajstić information content (AvgIpc) is 2.77. The smallest absolute Gasteiger partial charge is 0.348 e. The summed E-state index contributed by atoms with van der Waals surface area (Å²) in [5.74, 6) is -0.253. The van der Waals surface area contributed by atoms with Gasteiger partial charge in [0, 0.05) is 6.04 Å². The molecule has 0 spiro atoms. The number of nitrogens with zero attached hydrogens (tertiary/aromatic N) is 3. The number of amides is 1. The molecule has 0 unspecified atom stereocenters. The molecule has 3 rings (SSSR count). The van der Waals surface area contributed by atoms with Gasteiger partial charge in [0.15, 0.2) is 0 Å². The molecule has 0 bridgehead atoms. The Bertz CT molecular complexity index is 1160. The second-order valence-corrected chi connectivity index (χ2v) is 7.95. The topological polar surface area (TPSA) is 86.0 Å². The maximum atomic E-state index is 13.2. The quantitative estimate of drug-likeness (QED) is 0.636. The van der Waals surface area contributed by atoms with Crippen LogP contribution in [0.1, 0.15) is 61.6 Å². The molecule has 3 aromatic rings. The van der Waals surface area contributed by atoms with Crippen LogP contribution in [0.2, 0.25) is 0 Å². The van der Waals surface area contributed by atoms with Crippen molar-refractivity contribution < 1.29 is 4.79 Å². The van der Waals surface area contributed by atoms with Crippen LogP contribution >= 0.6 is 0 Å². The molecule has 0 radical (unpaired) electrons. The minimum absolute atomic E-state index is 0.0503. The van der Waals surface area contributed by atoms with Crippen molar-refractivity contribution >= 4 is 5.91 Å². The van der Waals surface area contributed by atoms with E-state index in [1.165, 1.54) is 0 Å². The van der Waals surface area contributed by atoms with Crippen LogP contribution in [0.15, 0.2) is 64.2 Å². The summed E-state index contributed by atoms with van der Waals surface area (Å²) in [7, 11) is 0. The van der Waals surface area contributed by atoms with Crippen molar-refractivity contribution in [3.8, 4) is 5.69 Å². The standard InChI is InChI=1S/C24H28N4O3/c1-5-17(4)25-22(29)21-23(30)27(15-18-9-7-6-8-10-18)24(31)28(26-21)20-13-11-19(12-14-20)16(2)3/h6-14,16-17H,5,15H2,1-4H3,(H,25,29)/t17-/m1/s1. The van der Waals surface area contributed by atoms with Gasteiger partial charge >= 0.3 is 5.69 Å². The van der Waals surface area contributed by atoms with Crippen LogP contribution in [0, 0.1) is 0 Å². The Morgan fingerprint density at radius 2 is 1.65 bits per heavy atom. The van der Waals surface area contributed by atoms with Gasteiger partial charge in [-0.25, -0.2) is 4.79 Å². The van der Waals surface area contributed by atoms with Crippen molar-refractivity contribution in [2.45, 2.75) is 52.6 Å². The van der Waals surface area contributed by atoms with Gasteiger partial charge in [-0.1, -0.05) is 63.2 Å². The molecule has 162 valence electrons. The zero-order valence-electron chi connectivity index (χ0n) is 18.3. The maximum absolute atomic E-state index is 13.2. The third-order valence-electron chi connectivity index (χ3n) is 5.25. The van der Waals surface area contributed by atoms with E-state index in [-0.39, 0.29) is 18.3 Å². The Morgan fingerprint density at radius 1 is 1.00 bits per heavy atom. The molecule has 1 amide bonds. The number of hydrogen-bond donors (Lipinski definition) is 1. The van der Waals surface area contributed by atoms with Gasteiger partial charge in [0.25, 0.3) is 11.5 Å². The minimum Gasteiger partial charge on any atom is -0.348 e. The summed E-state index contributed by atoms with van der Waals surface area (Å²) in [4.78, 5) is 39.0. The van der Waals surface area contributed by atoms with Crippen LogP contribution < -0.4 is 16.6 Å². The largest absolute Gasteiger partial charge is 0.352 e. The van der Waals surface area contributed by atoms with Gasteiger partial charge in [0.05, 0.1) is 12.2 Å². The molecule has 1 aromatic heterocycles. The molecule has 0 aliphatic carbocycles. The fourth-order valence-electron chi connectivity index (χ4n) is 3.13. The number of hydrogen-bond acceptors (Lipinski definition) is 4. The second kappa shape index (κ2) is 9.55. The molecule has 0 aliphatic heterocycles. The van der Waals surface area contributed by atoms with Crippen molar-refractivity contribution in [1.29, 1.82) is 0 Å². The molecule has 31 heavy (non-hydrogen) atoms. The van der Waals surface area contributed by atoms with Crippen molar-refractivity contribution in [2.24, 2.45) is 0 Å². The number of aromatic nitrogens is 3. The molecule has 1 heterocycles. The van der Waals surface area contributed by atoms with Gasteiger partial charge in [-0.3, -0.25) is 14.2 Å². The third-order valence-corrected chi connectivity index (χ3v) is 5.25. The van der Waals surface area contributed by atoms with Gasteiger partial charge in [0.2, 0.25) is 5.69 Å². The first-order valence-corrected chi connectivity index (χ1v) is 10.5. The van der Waals surface area contributed by atoms with Crippen LogP contribution in [0.4, 0.5) is 0 Å². The van der Waals surface area contributed by atoms with Gasteiger partial charge in [-0.15, -0.1) is 0 Å². The van der Waals surface area contributed by atoms with E-state index in [0.29, 0.717) is 18.0 Å². The van der Waals surface area contributed by atoms with E-state index in [4.69, 9.17) is 0 Å². The summed E-state index contributed by atoms with van der Waals surface area (Å²) >= 11 is 0. The maximum Gasteiger partial charge on any atom is 0.352 e. The van der Waals surface area contributed by atoms with Crippen molar-refractivity contribution in [3.63, 3.8) is 0 Å². The molecule has 1 N–H and O–H groups in total. The molecule has 0 fully saturated rings. The first-order chi connectivity index (χ1) is 14.8. The van der Waals surface area contributed by atoms with E-state index in [1.807, 2.05) is 56.3 Å². The predicted molar refractivity (Wildman–Crippen MR) is 121 cm³/mol. The Hall–Kier alpha value is -3.48. The van der Waals surface area contributed by atoms with Gasteiger partial charge < -0.3 is 5.32 Å². The summed E-state index contributed by atoms with van der Waals surface area (Å²) in [5, 5.41) is 6.93. The summed E-state index contributed by atoms with van der Waals surface area (Å²) in [6.45, 7) is 7.99. The fourth-order valence-corrected chi connectivity index (χ4v) is 3.13. The molecule has 7 nitrogen and oxygen atoms in total. The zero-order chi connectivity index (χ0) is 22.5. The monoisotopic (exact) mass is 420 g/mol. The Labute approximate surface area is 181 Å². The number of carbonyl (C=O) groups excluding carboxylic acids is 1. The molecular weight excluding hydrogens is 392 g/mol. The highest BCUT2D eigenvalue weighted by atomic mass is 16.2. The van der Waals surface area contributed by atoms with Gasteiger partial charge in [-0.2, -0.15) is 9.78 Å². The molecule has 1 atom stereocenters. The highest BCUT2D eigenvalue weighted by Gasteiger charge is 2.21.